The summed E-state index contributed by atoms with van der Waals surface area (Å²) in [5, 5.41) is 11.1. The Bertz CT molecular complexity index is 522. The fourth-order valence-electron chi connectivity index (χ4n) is 2.44. The van der Waals surface area contributed by atoms with E-state index in [1.54, 1.807) is 11.9 Å². The van der Waals surface area contributed by atoms with E-state index in [1.807, 2.05) is 0 Å². The van der Waals surface area contributed by atoms with Gasteiger partial charge in [0.1, 0.15) is 11.8 Å². The zero-order valence-electron chi connectivity index (χ0n) is 11.3. The molecule has 1 aliphatic heterocycles. The molecule has 0 amide bonds. The second-order valence-corrected chi connectivity index (χ2v) is 5.01. The van der Waals surface area contributed by atoms with E-state index in [4.69, 9.17) is 4.74 Å². The molecule has 8 heteroatoms. The molecule has 2 unspecified atom stereocenters. The molecule has 0 saturated carbocycles. The van der Waals surface area contributed by atoms with Crippen LogP contribution in [-0.2, 0) is 6.18 Å². The highest BCUT2D eigenvalue weighted by Crippen LogP contribution is 2.32. The average Bonchev–Trinajstić information content (AvgIpc) is 2.81. The lowest BCUT2D eigenvalue weighted by Crippen LogP contribution is -2.45. The predicted octanol–water partition coefficient (Wildman–Crippen LogP) is 2.78. The van der Waals surface area contributed by atoms with Crippen molar-refractivity contribution in [3.05, 3.63) is 39.9 Å². The molecule has 0 bridgehead atoms. The summed E-state index contributed by atoms with van der Waals surface area (Å²) >= 11 is 0. The maximum Gasteiger partial charge on any atom is 0.416 e. The highest BCUT2D eigenvalue weighted by atomic mass is 19.4. The van der Waals surface area contributed by atoms with Crippen LogP contribution in [0.5, 0.6) is 5.75 Å². The Balaban J connectivity index is 2.19. The predicted molar refractivity (Wildman–Crippen MR) is 68.5 cm³/mol. The van der Waals surface area contributed by atoms with Crippen LogP contribution in [-0.4, -0.2) is 35.7 Å². The van der Waals surface area contributed by atoms with Gasteiger partial charge in [-0.15, -0.1) is 0 Å². The van der Waals surface area contributed by atoms with Crippen LogP contribution in [0.3, 0.4) is 0 Å². The van der Waals surface area contributed by atoms with Crippen molar-refractivity contribution in [2.24, 2.45) is 0 Å². The van der Waals surface area contributed by atoms with Crippen molar-refractivity contribution in [1.29, 1.82) is 0 Å². The van der Waals surface area contributed by atoms with Crippen LogP contribution < -0.4 is 4.74 Å². The van der Waals surface area contributed by atoms with E-state index in [0.717, 1.165) is 18.6 Å². The first-order valence-electron chi connectivity index (χ1n) is 6.46. The topological polar surface area (TPSA) is 55.6 Å². The number of benzene rings is 1. The van der Waals surface area contributed by atoms with Crippen molar-refractivity contribution in [3.63, 3.8) is 0 Å². The summed E-state index contributed by atoms with van der Waals surface area (Å²) < 4.78 is 43.1. The molecule has 1 aliphatic rings. The molecular weight excluding hydrogens is 289 g/mol. The van der Waals surface area contributed by atoms with Gasteiger partial charge in [-0.05, 0) is 44.6 Å². The van der Waals surface area contributed by atoms with Crippen LogP contribution in [0.2, 0.25) is 0 Å². The van der Waals surface area contributed by atoms with Gasteiger partial charge in [-0.2, -0.15) is 13.2 Å². The number of hydrogen-bond acceptors (Lipinski definition) is 4. The lowest BCUT2D eigenvalue weighted by Gasteiger charge is -2.23. The van der Waals surface area contributed by atoms with Gasteiger partial charge in [0, 0.05) is 0 Å². The summed E-state index contributed by atoms with van der Waals surface area (Å²) in [6.45, 7) is 0.709. The first-order chi connectivity index (χ1) is 9.79. The Morgan fingerprint density at radius 2 is 2.19 bits per heavy atom. The van der Waals surface area contributed by atoms with Gasteiger partial charge in [0.25, 0.3) is 0 Å². The smallest absolute Gasteiger partial charge is 0.416 e. The second-order valence-electron chi connectivity index (χ2n) is 5.01. The molecule has 2 rings (SSSR count). The number of nitro groups is 1. The van der Waals surface area contributed by atoms with E-state index >= 15 is 0 Å². The Morgan fingerprint density at radius 1 is 1.48 bits per heavy atom. The maximum atomic E-state index is 12.6. The Labute approximate surface area is 119 Å². The van der Waals surface area contributed by atoms with E-state index in [9.17, 15) is 23.3 Å². The van der Waals surface area contributed by atoms with E-state index in [2.05, 4.69) is 0 Å². The molecular formula is C13H15F3N2O3. The minimum atomic E-state index is -4.51. The van der Waals surface area contributed by atoms with Gasteiger partial charge in [0.2, 0.25) is 0 Å². The van der Waals surface area contributed by atoms with Crippen LogP contribution in [0.25, 0.3) is 0 Å². The Morgan fingerprint density at radius 3 is 2.71 bits per heavy atom. The molecule has 1 saturated heterocycles. The lowest BCUT2D eigenvalue weighted by atomic mass is 10.2. The van der Waals surface area contributed by atoms with E-state index < -0.39 is 28.9 Å². The Hall–Kier alpha value is -1.83. The zero-order chi connectivity index (χ0) is 15.6. The van der Waals surface area contributed by atoms with E-state index in [1.165, 1.54) is 12.1 Å². The molecule has 1 heterocycles. The minimum Gasteiger partial charge on any atom is -0.429 e. The molecule has 2 atom stereocenters. The van der Waals surface area contributed by atoms with Gasteiger partial charge in [-0.1, -0.05) is 6.07 Å². The van der Waals surface area contributed by atoms with Crippen molar-refractivity contribution in [3.8, 4) is 5.75 Å². The van der Waals surface area contributed by atoms with Crippen molar-refractivity contribution < 1.29 is 22.8 Å². The van der Waals surface area contributed by atoms with Crippen molar-refractivity contribution in [2.45, 2.75) is 31.3 Å². The lowest BCUT2D eigenvalue weighted by molar-refractivity contribution is -0.570. The zero-order valence-corrected chi connectivity index (χ0v) is 11.3. The monoisotopic (exact) mass is 304 g/mol. The van der Waals surface area contributed by atoms with Gasteiger partial charge in [-0.25, -0.2) is 0 Å². The molecule has 0 aromatic heterocycles. The molecule has 1 aromatic carbocycles. The van der Waals surface area contributed by atoms with Crippen molar-refractivity contribution in [2.75, 3.05) is 13.6 Å². The molecule has 5 nitrogen and oxygen atoms in total. The fraction of sp³-hybridized carbons (Fsp3) is 0.538. The number of likely N-dealkylation sites (N-methyl/N-ethyl adjacent to an activating group) is 1. The highest BCUT2D eigenvalue weighted by Gasteiger charge is 2.39. The summed E-state index contributed by atoms with van der Waals surface area (Å²) in [5.41, 5.74) is -0.887. The second kappa shape index (κ2) is 5.88. The number of rotatable bonds is 4. The van der Waals surface area contributed by atoms with Crippen molar-refractivity contribution >= 4 is 0 Å². The molecule has 116 valence electrons. The quantitative estimate of drug-likeness (QED) is 0.487. The van der Waals surface area contributed by atoms with Gasteiger partial charge in [0.15, 0.2) is 0 Å². The summed E-state index contributed by atoms with van der Waals surface area (Å²) in [6.07, 6.45) is -4.49. The molecule has 1 aromatic rings. The minimum absolute atomic E-state index is 0.146. The van der Waals surface area contributed by atoms with E-state index in [-0.39, 0.29) is 5.75 Å². The Kier molecular flexibility index (Phi) is 4.36. The van der Waals surface area contributed by atoms with Crippen LogP contribution in [0.15, 0.2) is 24.3 Å². The third kappa shape index (κ3) is 3.63. The summed E-state index contributed by atoms with van der Waals surface area (Å²) in [5.74, 6) is -0.146. The number of hydrogen-bond donors (Lipinski definition) is 0. The molecule has 0 aliphatic carbocycles. The van der Waals surface area contributed by atoms with Crippen LogP contribution >= 0.6 is 0 Å². The summed E-state index contributed by atoms with van der Waals surface area (Å²) in [7, 11) is 1.74. The number of likely N-dealkylation sites (tertiary alicyclic amines) is 1. The highest BCUT2D eigenvalue weighted by molar-refractivity contribution is 5.30. The number of nitrogens with zero attached hydrogens (tertiary/aromatic N) is 2. The van der Waals surface area contributed by atoms with Gasteiger partial charge in [-0.3, -0.25) is 15.0 Å². The number of halogens is 3. The molecule has 21 heavy (non-hydrogen) atoms. The SMILES string of the molecule is CN1CCCC1C(Oc1cccc(C(F)(F)F)c1)[N+](=O)[O-]. The molecule has 0 radical (unpaired) electrons. The van der Waals surface area contributed by atoms with Crippen LogP contribution in [0.1, 0.15) is 18.4 Å². The van der Waals surface area contributed by atoms with E-state index in [0.29, 0.717) is 13.0 Å². The van der Waals surface area contributed by atoms with Gasteiger partial charge < -0.3 is 4.74 Å². The first kappa shape index (κ1) is 15.6. The molecule has 1 fully saturated rings. The standard InChI is InChI=1S/C13H15F3N2O3/c1-17-7-3-6-11(17)12(18(19)20)21-10-5-2-4-9(8-10)13(14,15)16/h2,4-5,8,11-12H,3,6-7H2,1H3. The number of alkyl halides is 3. The third-order valence-corrected chi connectivity index (χ3v) is 3.53. The third-order valence-electron chi connectivity index (χ3n) is 3.53. The summed E-state index contributed by atoms with van der Waals surface area (Å²) in [4.78, 5) is 12.4. The van der Waals surface area contributed by atoms with Crippen molar-refractivity contribution in [1.82, 2.24) is 4.90 Å². The number of ether oxygens (including phenoxy) is 1. The van der Waals surface area contributed by atoms with Crippen LogP contribution in [0.4, 0.5) is 13.2 Å². The van der Waals surface area contributed by atoms with Gasteiger partial charge >= 0.3 is 12.4 Å². The first-order valence-corrected chi connectivity index (χ1v) is 6.46. The average molecular weight is 304 g/mol. The van der Waals surface area contributed by atoms with Gasteiger partial charge in [0.05, 0.1) is 10.5 Å². The fourth-order valence-corrected chi connectivity index (χ4v) is 2.44. The molecule has 0 N–H and O–H groups in total. The summed E-state index contributed by atoms with van der Waals surface area (Å²) in [6, 6.07) is 3.71. The van der Waals surface area contributed by atoms with Crippen LogP contribution in [0, 0.1) is 10.1 Å². The molecule has 0 spiro atoms. The maximum absolute atomic E-state index is 12.6. The largest absolute Gasteiger partial charge is 0.429 e. The normalized spacial score (nSPS) is 21.2.